The molecule has 0 aliphatic carbocycles. The Bertz CT molecular complexity index is 974. The van der Waals surface area contributed by atoms with E-state index in [1.54, 1.807) is 29.8 Å². The standard InChI is InChI=1S/C16H16F3N5O2/c1-9-5-13(22-24(9)8-16(17,18)19)21-15(26)10-3-4-12-11(6-10)20-14(7-25)23(12)2/h3-6,25H,7-8H2,1-2H3,(H,21,22,26). The van der Waals surface area contributed by atoms with Crippen molar-refractivity contribution >= 4 is 22.8 Å². The van der Waals surface area contributed by atoms with Gasteiger partial charge in [0.2, 0.25) is 0 Å². The number of fused-ring (bicyclic) bond motifs is 1. The number of nitrogens with zero attached hydrogens (tertiary/aromatic N) is 4. The van der Waals surface area contributed by atoms with E-state index in [2.05, 4.69) is 15.4 Å². The molecule has 2 N–H and O–H groups in total. The SMILES string of the molecule is Cc1cc(NC(=O)c2ccc3c(c2)nc(CO)n3C)nn1CC(F)(F)F. The van der Waals surface area contributed by atoms with Crippen molar-refractivity contribution in [2.45, 2.75) is 26.3 Å². The number of amides is 1. The summed E-state index contributed by atoms with van der Waals surface area (Å²) in [4.78, 5) is 16.6. The van der Waals surface area contributed by atoms with Gasteiger partial charge in [-0.3, -0.25) is 9.48 Å². The van der Waals surface area contributed by atoms with Crippen molar-refractivity contribution in [1.82, 2.24) is 19.3 Å². The van der Waals surface area contributed by atoms with Crippen molar-refractivity contribution in [3.63, 3.8) is 0 Å². The van der Waals surface area contributed by atoms with Crippen LogP contribution in [-0.4, -0.2) is 36.5 Å². The van der Waals surface area contributed by atoms with Crippen LogP contribution in [0.1, 0.15) is 21.9 Å². The number of aliphatic hydroxyl groups excluding tert-OH is 1. The predicted octanol–water partition coefficient (Wildman–Crippen LogP) is 2.39. The van der Waals surface area contributed by atoms with Gasteiger partial charge in [-0.1, -0.05) is 0 Å². The number of aliphatic hydroxyl groups is 1. The zero-order chi connectivity index (χ0) is 19.1. The molecule has 2 heterocycles. The quantitative estimate of drug-likeness (QED) is 0.742. The van der Waals surface area contributed by atoms with Crippen LogP contribution in [0.25, 0.3) is 11.0 Å². The highest BCUT2D eigenvalue weighted by Gasteiger charge is 2.29. The summed E-state index contributed by atoms with van der Waals surface area (Å²) in [6.45, 7) is 0.0198. The maximum absolute atomic E-state index is 12.5. The zero-order valence-electron chi connectivity index (χ0n) is 14.0. The highest BCUT2D eigenvalue weighted by Crippen LogP contribution is 2.21. The van der Waals surface area contributed by atoms with Crippen molar-refractivity contribution in [2.75, 3.05) is 5.32 Å². The lowest BCUT2D eigenvalue weighted by Gasteiger charge is -2.07. The fourth-order valence-corrected chi connectivity index (χ4v) is 2.62. The molecule has 10 heteroatoms. The Balaban J connectivity index is 1.82. The first-order valence-corrected chi connectivity index (χ1v) is 7.66. The maximum atomic E-state index is 12.5. The molecule has 0 saturated carbocycles. The highest BCUT2D eigenvalue weighted by molar-refractivity contribution is 6.05. The topological polar surface area (TPSA) is 85.0 Å². The molecule has 0 fully saturated rings. The molecule has 1 amide bonds. The van der Waals surface area contributed by atoms with Crippen LogP contribution in [-0.2, 0) is 20.2 Å². The smallest absolute Gasteiger partial charge is 0.388 e. The highest BCUT2D eigenvalue weighted by atomic mass is 19.4. The minimum absolute atomic E-state index is 0.0360. The average Bonchev–Trinajstić information content (AvgIpc) is 3.05. The number of aryl methyl sites for hydroxylation is 2. The van der Waals surface area contributed by atoms with Crippen LogP contribution < -0.4 is 5.32 Å². The molecule has 3 aromatic rings. The first-order valence-electron chi connectivity index (χ1n) is 7.66. The van der Waals surface area contributed by atoms with E-state index >= 15 is 0 Å². The van der Waals surface area contributed by atoms with E-state index < -0.39 is 18.6 Å². The van der Waals surface area contributed by atoms with Gasteiger partial charge < -0.3 is 15.0 Å². The average molecular weight is 367 g/mol. The number of benzene rings is 1. The lowest BCUT2D eigenvalue weighted by Crippen LogP contribution is -2.20. The Hall–Kier alpha value is -2.88. The van der Waals surface area contributed by atoms with Crippen LogP contribution in [0, 0.1) is 6.92 Å². The normalized spacial score (nSPS) is 11.9. The summed E-state index contributed by atoms with van der Waals surface area (Å²) in [6, 6.07) is 6.17. The Morgan fingerprint density at radius 1 is 1.31 bits per heavy atom. The van der Waals surface area contributed by atoms with Crippen LogP contribution in [0.5, 0.6) is 0 Å². The van der Waals surface area contributed by atoms with Gasteiger partial charge in [-0.15, -0.1) is 0 Å². The maximum Gasteiger partial charge on any atom is 0.408 e. The number of carbonyl (C=O) groups excluding carboxylic acids is 1. The number of imidazole rings is 1. The van der Waals surface area contributed by atoms with Crippen LogP contribution in [0.4, 0.5) is 19.0 Å². The van der Waals surface area contributed by atoms with Gasteiger partial charge >= 0.3 is 6.18 Å². The molecule has 7 nitrogen and oxygen atoms in total. The number of hydrogen-bond donors (Lipinski definition) is 2. The second kappa shape index (κ2) is 6.45. The van der Waals surface area contributed by atoms with Crippen LogP contribution >= 0.6 is 0 Å². The number of halogens is 3. The Labute approximate surface area is 146 Å². The summed E-state index contributed by atoms with van der Waals surface area (Å²) in [5.74, 6) is -0.0206. The number of alkyl halides is 3. The molecule has 0 unspecified atom stereocenters. The number of aromatic nitrogens is 4. The van der Waals surface area contributed by atoms with Gasteiger partial charge in [0.15, 0.2) is 5.82 Å². The van der Waals surface area contributed by atoms with Gasteiger partial charge in [-0.05, 0) is 25.1 Å². The first kappa shape index (κ1) is 17.9. The van der Waals surface area contributed by atoms with Crippen LogP contribution in [0.15, 0.2) is 24.3 Å². The summed E-state index contributed by atoms with van der Waals surface area (Å²) in [5, 5.41) is 15.5. The molecule has 0 aliphatic heterocycles. The molecule has 0 aliphatic rings. The molecule has 0 spiro atoms. The molecule has 3 rings (SSSR count). The third-order valence-corrected chi connectivity index (χ3v) is 3.93. The summed E-state index contributed by atoms with van der Waals surface area (Å²) in [7, 11) is 1.75. The summed E-state index contributed by atoms with van der Waals surface area (Å²) >= 11 is 0. The number of nitrogens with one attached hydrogen (secondary N) is 1. The number of carbonyl (C=O) groups is 1. The van der Waals surface area contributed by atoms with E-state index in [9.17, 15) is 23.1 Å². The van der Waals surface area contributed by atoms with Crippen molar-refractivity contribution in [3.8, 4) is 0 Å². The Morgan fingerprint density at radius 3 is 2.69 bits per heavy atom. The van der Waals surface area contributed by atoms with Gasteiger partial charge in [0, 0.05) is 24.4 Å². The molecular weight excluding hydrogens is 351 g/mol. The molecule has 0 bridgehead atoms. The number of hydrogen-bond acceptors (Lipinski definition) is 4. The van der Waals surface area contributed by atoms with E-state index in [4.69, 9.17) is 0 Å². The minimum Gasteiger partial charge on any atom is -0.388 e. The summed E-state index contributed by atoms with van der Waals surface area (Å²) in [6.07, 6.45) is -4.40. The van der Waals surface area contributed by atoms with Crippen LogP contribution in [0.2, 0.25) is 0 Å². The number of anilines is 1. The third-order valence-electron chi connectivity index (χ3n) is 3.93. The Morgan fingerprint density at radius 2 is 2.04 bits per heavy atom. The van der Waals surface area contributed by atoms with E-state index in [-0.39, 0.29) is 23.7 Å². The van der Waals surface area contributed by atoms with Gasteiger partial charge in [0.25, 0.3) is 5.91 Å². The summed E-state index contributed by atoms with van der Waals surface area (Å²) in [5.41, 5.74) is 1.84. The minimum atomic E-state index is -4.40. The van der Waals surface area contributed by atoms with E-state index in [0.29, 0.717) is 11.3 Å². The van der Waals surface area contributed by atoms with Crippen molar-refractivity contribution in [1.29, 1.82) is 0 Å². The molecule has 1 aromatic carbocycles. The Kier molecular flexibility index (Phi) is 4.45. The largest absolute Gasteiger partial charge is 0.408 e. The third kappa shape index (κ3) is 3.54. The van der Waals surface area contributed by atoms with Gasteiger partial charge in [-0.25, -0.2) is 4.98 Å². The molecule has 138 valence electrons. The molecule has 0 radical (unpaired) electrons. The zero-order valence-corrected chi connectivity index (χ0v) is 14.0. The van der Waals surface area contributed by atoms with Crippen molar-refractivity contribution in [2.24, 2.45) is 7.05 Å². The fraction of sp³-hybridized carbons (Fsp3) is 0.312. The molecular formula is C16H16F3N5O2. The van der Waals surface area contributed by atoms with E-state index in [1.165, 1.54) is 13.0 Å². The molecule has 0 atom stereocenters. The van der Waals surface area contributed by atoms with Crippen LogP contribution in [0.3, 0.4) is 0 Å². The first-order chi connectivity index (χ1) is 12.2. The lowest BCUT2D eigenvalue weighted by molar-refractivity contribution is -0.142. The molecule has 26 heavy (non-hydrogen) atoms. The van der Waals surface area contributed by atoms with Gasteiger partial charge in [-0.2, -0.15) is 18.3 Å². The monoisotopic (exact) mass is 367 g/mol. The fourth-order valence-electron chi connectivity index (χ4n) is 2.62. The van der Waals surface area contributed by atoms with E-state index in [0.717, 1.165) is 10.2 Å². The molecule has 2 aromatic heterocycles. The lowest BCUT2D eigenvalue weighted by atomic mass is 10.2. The van der Waals surface area contributed by atoms with Gasteiger partial charge in [0.1, 0.15) is 19.0 Å². The van der Waals surface area contributed by atoms with Crippen molar-refractivity contribution < 1.29 is 23.1 Å². The predicted molar refractivity (Wildman–Crippen MR) is 87.6 cm³/mol. The molecule has 0 saturated heterocycles. The summed E-state index contributed by atoms with van der Waals surface area (Å²) < 4.78 is 40.0. The second-order valence-electron chi connectivity index (χ2n) is 5.85. The van der Waals surface area contributed by atoms with Gasteiger partial charge in [0.05, 0.1) is 11.0 Å². The van der Waals surface area contributed by atoms with Crippen molar-refractivity contribution in [3.05, 3.63) is 41.3 Å². The van der Waals surface area contributed by atoms with E-state index in [1.807, 2.05) is 0 Å². The second-order valence-corrected chi connectivity index (χ2v) is 5.85. The number of rotatable bonds is 4.